The van der Waals surface area contributed by atoms with Gasteiger partial charge in [-0.1, -0.05) is 6.92 Å². The number of rotatable bonds is 7. The van der Waals surface area contributed by atoms with Crippen molar-refractivity contribution in [2.24, 2.45) is 13.0 Å². The summed E-state index contributed by atoms with van der Waals surface area (Å²) < 4.78 is 27.4. The van der Waals surface area contributed by atoms with Crippen molar-refractivity contribution in [2.75, 3.05) is 13.2 Å². The smallest absolute Gasteiger partial charge is 0.257 e. The highest BCUT2D eigenvalue weighted by molar-refractivity contribution is 7.89. The lowest BCUT2D eigenvalue weighted by molar-refractivity contribution is 0.228. The molecule has 0 aromatic carbocycles. The maximum Gasteiger partial charge on any atom is 0.257 e. The molecule has 0 saturated carbocycles. The molecule has 6 nitrogen and oxygen atoms in total. The highest BCUT2D eigenvalue weighted by Gasteiger charge is 2.16. The number of sulfonamides is 1. The molecule has 2 N–H and O–H groups in total. The van der Waals surface area contributed by atoms with Crippen LogP contribution >= 0.6 is 0 Å². The molecule has 0 aliphatic heterocycles. The second-order valence-corrected chi connectivity index (χ2v) is 5.83. The minimum Gasteiger partial charge on any atom is -0.396 e. The summed E-state index contributed by atoms with van der Waals surface area (Å²) in [5.74, 6) is 0.205. The molecule has 17 heavy (non-hydrogen) atoms. The van der Waals surface area contributed by atoms with Crippen LogP contribution in [0.3, 0.4) is 0 Å². The van der Waals surface area contributed by atoms with Crippen molar-refractivity contribution in [2.45, 2.75) is 24.8 Å². The summed E-state index contributed by atoms with van der Waals surface area (Å²) in [4.78, 5) is 0. The van der Waals surface area contributed by atoms with E-state index in [1.165, 1.54) is 16.9 Å². The maximum absolute atomic E-state index is 11.8. The lowest BCUT2D eigenvalue weighted by Gasteiger charge is -2.09. The fourth-order valence-electron chi connectivity index (χ4n) is 1.45. The zero-order chi connectivity index (χ0) is 12.9. The average molecular weight is 261 g/mol. The first-order valence-electron chi connectivity index (χ1n) is 5.56. The minimum atomic E-state index is -3.46. The van der Waals surface area contributed by atoms with E-state index in [1.54, 1.807) is 7.05 Å². The Kier molecular flexibility index (Phi) is 5.10. The van der Waals surface area contributed by atoms with Gasteiger partial charge in [0.05, 0.1) is 6.20 Å². The molecule has 0 amide bonds. The van der Waals surface area contributed by atoms with Gasteiger partial charge in [-0.2, -0.15) is 5.10 Å². The van der Waals surface area contributed by atoms with Gasteiger partial charge in [0.1, 0.15) is 0 Å². The molecule has 0 spiro atoms. The quantitative estimate of drug-likeness (QED) is 0.682. The summed E-state index contributed by atoms with van der Waals surface area (Å²) in [7, 11) is -1.88. The summed E-state index contributed by atoms with van der Waals surface area (Å²) in [6.07, 6.45) is 2.95. The summed E-state index contributed by atoms with van der Waals surface area (Å²) in [5, 5.41) is 12.8. The standard InChI is InChI=1S/C10H19N3O3S/c1-9(8-14)4-3-6-12-17(15,16)10-5-7-11-13(10)2/h5,7,9,12,14H,3-4,6,8H2,1-2H3. The third kappa shape index (κ3) is 4.10. The Morgan fingerprint density at radius 3 is 2.82 bits per heavy atom. The maximum atomic E-state index is 11.8. The zero-order valence-corrected chi connectivity index (χ0v) is 10.9. The van der Waals surface area contributed by atoms with Crippen molar-refractivity contribution >= 4 is 10.0 Å². The summed E-state index contributed by atoms with van der Waals surface area (Å²) >= 11 is 0. The summed E-state index contributed by atoms with van der Waals surface area (Å²) in [6, 6.07) is 1.46. The first-order valence-corrected chi connectivity index (χ1v) is 7.04. The van der Waals surface area contributed by atoms with Crippen LogP contribution in [0.2, 0.25) is 0 Å². The predicted molar refractivity (Wildman–Crippen MR) is 63.9 cm³/mol. The molecule has 1 heterocycles. The topological polar surface area (TPSA) is 84.2 Å². The molecular formula is C10H19N3O3S. The van der Waals surface area contributed by atoms with Crippen molar-refractivity contribution in [3.05, 3.63) is 12.3 Å². The predicted octanol–water partition coefficient (Wildman–Crippen LogP) is 0.107. The number of aryl methyl sites for hydroxylation is 1. The van der Waals surface area contributed by atoms with Crippen LogP contribution in [0.1, 0.15) is 19.8 Å². The van der Waals surface area contributed by atoms with Crippen molar-refractivity contribution in [3.63, 3.8) is 0 Å². The van der Waals surface area contributed by atoms with Gasteiger partial charge in [-0.25, -0.2) is 13.1 Å². The molecule has 1 rings (SSSR count). The number of aliphatic hydroxyl groups is 1. The van der Waals surface area contributed by atoms with E-state index < -0.39 is 10.0 Å². The molecule has 0 radical (unpaired) electrons. The number of nitrogens with zero attached hydrogens (tertiary/aromatic N) is 2. The van der Waals surface area contributed by atoms with Crippen LogP contribution in [0, 0.1) is 5.92 Å². The Morgan fingerprint density at radius 2 is 2.29 bits per heavy atom. The molecule has 0 fully saturated rings. The summed E-state index contributed by atoms with van der Waals surface area (Å²) in [5.41, 5.74) is 0. The van der Waals surface area contributed by atoms with Crippen LogP contribution in [0.5, 0.6) is 0 Å². The van der Waals surface area contributed by atoms with Gasteiger partial charge >= 0.3 is 0 Å². The molecule has 1 aromatic heterocycles. The van der Waals surface area contributed by atoms with E-state index in [2.05, 4.69) is 9.82 Å². The largest absolute Gasteiger partial charge is 0.396 e. The Bertz CT molecular complexity index is 441. The van der Waals surface area contributed by atoms with Gasteiger partial charge in [-0.05, 0) is 24.8 Å². The van der Waals surface area contributed by atoms with Crippen LogP contribution in [0.25, 0.3) is 0 Å². The number of aliphatic hydroxyl groups excluding tert-OH is 1. The van der Waals surface area contributed by atoms with Crippen LogP contribution in [-0.2, 0) is 17.1 Å². The Morgan fingerprint density at radius 1 is 1.59 bits per heavy atom. The van der Waals surface area contributed by atoms with Crippen molar-refractivity contribution < 1.29 is 13.5 Å². The number of aromatic nitrogens is 2. The van der Waals surface area contributed by atoms with Crippen molar-refractivity contribution in [1.82, 2.24) is 14.5 Å². The fraction of sp³-hybridized carbons (Fsp3) is 0.700. The van der Waals surface area contributed by atoms with E-state index in [0.29, 0.717) is 13.0 Å². The lowest BCUT2D eigenvalue weighted by Crippen LogP contribution is -2.27. The molecule has 0 aliphatic carbocycles. The molecule has 0 bridgehead atoms. The second-order valence-electron chi connectivity index (χ2n) is 4.12. The highest BCUT2D eigenvalue weighted by Crippen LogP contribution is 2.07. The molecule has 98 valence electrons. The average Bonchev–Trinajstić information content (AvgIpc) is 2.71. The van der Waals surface area contributed by atoms with Gasteiger partial charge in [0.15, 0.2) is 5.03 Å². The Balaban J connectivity index is 2.44. The van der Waals surface area contributed by atoms with E-state index in [4.69, 9.17) is 5.11 Å². The third-order valence-electron chi connectivity index (χ3n) is 2.53. The van der Waals surface area contributed by atoms with E-state index in [0.717, 1.165) is 6.42 Å². The minimum absolute atomic E-state index is 0.133. The van der Waals surface area contributed by atoms with Crippen LogP contribution in [-0.4, -0.2) is 36.5 Å². The molecule has 1 atom stereocenters. The van der Waals surface area contributed by atoms with E-state index >= 15 is 0 Å². The normalized spacial score (nSPS) is 13.8. The fourth-order valence-corrected chi connectivity index (χ4v) is 2.64. The first kappa shape index (κ1) is 14.1. The van der Waals surface area contributed by atoms with E-state index in [-0.39, 0.29) is 17.6 Å². The Hall–Kier alpha value is -0.920. The molecule has 7 heteroatoms. The van der Waals surface area contributed by atoms with Crippen molar-refractivity contribution in [1.29, 1.82) is 0 Å². The monoisotopic (exact) mass is 261 g/mol. The zero-order valence-electron chi connectivity index (χ0n) is 10.1. The number of nitrogens with one attached hydrogen (secondary N) is 1. The highest BCUT2D eigenvalue weighted by atomic mass is 32.2. The summed E-state index contributed by atoms with van der Waals surface area (Å²) in [6.45, 7) is 2.43. The van der Waals surface area contributed by atoms with Gasteiger partial charge in [-0.3, -0.25) is 4.68 Å². The van der Waals surface area contributed by atoms with E-state index in [1.807, 2.05) is 6.92 Å². The van der Waals surface area contributed by atoms with E-state index in [9.17, 15) is 8.42 Å². The lowest BCUT2D eigenvalue weighted by atomic mass is 10.1. The first-order chi connectivity index (χ1) is 7.97. The van der Waals surface area contributed by atoms with Crippen LogP contribution in [0.4, 0.5) is 0 Å². The second kappa shape index (κ2) is 6.13. The van der Waals surface area contributed by atoms with Crippen LogP contribution < -0.4 is 4.72 Å². The number of hydrogen-bond acceptors (Lipinski definition) is 4. The molecule has 1 unspecified atom stereocenters. The molecular weight excluding hydrogens is 242 g/mol. The molecule has 0 aliphatic rings. The number of hydrogen-bond donors (Lipinski definition) is 2. The van der Waals surface area contributed by atoms with Gasteiger partial charge in [-0.15, -0.1) is 0 Å². The van der Waals surface area contributed by atoms with Crippen LogP contribution in [0.15, 0.2) is 17.3 Å². The van der Waals surface area contributed by atoms with Gasteiger partial charge in [0.2, 0.25) is 0 Å². The third-order valence-corrected chi connectivity index (χ3v) is 4.06. The van der Waals surface area contributed by atoms with Gasteiger partial charge < -0.3 is 5.11 Å². The molecule has 1 aromatic rings. The Labute approximate surface area is 102 Å². The van der Waals surface area contributed by atoms with Crippen molar-refractivity contribution in [3.8, 4) is 0 Å². The van der Waals surface area contributed by atoms with Gasteiger partial charge in [0.25, 0.3) is 10.0 Å². The molecule has 0 saturated heterocycles. The SMILES string of the molecule is CC(CO)CCCNS(=O)(=O)c1ccnn1C. The van der Waals surface area contributed by atoms with Gasteiger partial charge in [0, 0.05) is 20.2 Å².